The zero-order valence-electron chi connectivity index (χ0n) is 8.02. The van der Waals surface area contributed by atoms with Crippen LogP contribution in [-0.2, 0) is 10.0 Å². The second-order valence-electron chi connectivity index (χ2n) is 2.75. The van der Waals surface area contributed by atoms with Crippen LogP contribution in [-0.4, -0.2) is 25.6 Å². The van der Waals surface area contributed by atoms with Gasteiger partial charge in [-0.2, -0.15) is 0 Å². The normalized spacial score (nSPS) is 11.8. The van der Waals surface area contributed by atoms with Crippen molar-refractivity contribution in [2.45, 2.75) is 11.5 Å². The van der Waals surface area contributed by atoms with Gasteiger partial charge in [-0.25, -0.2) is 27.3 Å². The van der Waals surface area contributed by atoms with E-state index < -0.39 is 38.7 Å². The summed E-state index contributed by atoms with van der Waals surface area (Å²) in [6, 6.07) is 0.717. The smallest absolute Gasteiger partial charge is 0.284 e. The Bertz CT molecular complexity index is 503. The van der Waals surface area contributed by atoms with Crippen molar-refractivity contribution in [1.82, 2.24) is 4.98 Å². The Hall–Kier alpha value is -1.48. The van der Waals surface area contributed by atoms with Crippen molar-refractivity contribution in [2.75, 3.05) is 7.11 Å². The Morgan fingerprint density at radius 2 is 2.12 bits per heavy atom. The fourth-order valence-electron chi connectivity index (χ4n) is 1.01. The van der Waals surface area contributed by atoms with Crippen LogP contribution in [0.25, 0.3) is 0 Å². The van der Waals surface area contributed by atoms with E-state index in [1.807, 2.05) is 0 Å². The van der Waals surface area contributed by atoms with Gasteiger partial charge in [0.1, 0.15) is 11.4 Å². The van der Waals surface area contributed by atoms with E-state index in [0.717, 1.165) is 7.11 Å². The quantitative estimate of drug-likeness (QED) is 0.811. The Balaban J connectivity index is 3.52. The number of halogens is 2. The van der Waals surface area contributed by atoms with Crippen molar-refractivity contribution in [2.24, 2.45) is 5.14 Å². The second kappa shape index (κ2) is 4.18. The van der Waals surface area contributed by atoms with Gasteiger partial charge in [0.2, 0.25) is 5.03 Å². The van der Waals surface area contributed by atoms with Crippen molar-refractivity contribution >= 4 is 10.0 Å². The Morgan fingerprint density at radius 3 is 2.50 bits per heavy atom. The summed E-state index contributed by atoms with van der Waals surface area (Å²) in [5.74, 6) is -1.26. The minimum absolute atomic E-state index is 0.417. The molecular formula is C7H8F2N2O4S. The first-order valence-corrected chi connectivity index (χ1v) is 5.41. The lowest BCUT2D eigenvalue weighted by Gasteiger charge is -2.09. The van der Waals surface area contributed by atoms with Gasteiger partial charge in [-0.1, -0.05) is 0 Å². The molecule has 0 saturated carbocycles. The van der Waals surface area contributed by atoms with Gasteiger partial charge in [-0.05, 0) is 0 Å². The van der Waals surface area contributed by atoms with Gasteiger partial charge in [-0.15, -0.1) is 0 Å². The van der Waals surface area contributed by atoms with Crippen molar-refractivity contribution in [3.8, 4) is 11.5 Å². The van der Waals surface area contributed by atoms with Gasteiger partial charge < -0.3 is 9.84 Å². The molecule has 0 aromatic carbocycles. The molecule has 1 aromatic heterocycles. The Kier molecular flexibility index (Phi) is 3.29. The molecule has 0 fully saturated rings. The zero-order chi connectivity index (χ0) is 12.5. The largest absolute Gasteiger partial charge is 0.505 e. The number of rotatable bonds is 3. The third kappa shape index (κ3) is 2.36. The lowest BCUT2D eigenvalue weighted by atomic mass is 10.3. The SMILES string of the molecule is COc1cc(O)c(S(N)(=O)=O)nc1C(F)F. The molecule has 0 spiro atoms. The minimum Gasteiger partial charge on any atom is -0.505 e. The summed E-state index contributed by atoms with van der Waals surface area (Å²) in [6.45, 7) is 0. The fourth-order valence-corrected chi connectivity index (χ4v) is 1.59. The first kappa shape index (κ1) is 12.6. The van der Waals surface area contributed by atoms with E-state index in [-0.39, 0.29) is 0 Å². The lowest BCUT2D eigenvalue weighted by molar-refractivity contribution is 0.140. The zero-order valence-corrected chi connectivity index (χ0v) is 8.83. The van der Waals surface area contributed by atoms with Gasteiger partial charge in [0, 0.05) is 6.07 Å². The summed E-state index contributed by atoms with van der Waals surface area (Å²) in [5.41, 5.74) is -0.899. The molecule has 1 aromatic rings. The monoisotopic (exact) mass is 254 g/mol. The average molecular weight is 254 g/mol. The highest BCUT2D eigenvalue weighted by molar-refractivity contribution is 7.89. The van der Waals surface area contributed by atoms with Crippen LogP contribution < -0.4 is 9.88 Å². The van der Waals surface area contributed by atoms with Crippen LogP contribution in [0, 0.1) is 0 Å². The molecule has 0 radical (unpaired) electrons. The molecular weight excluding hydrogens is 246 g/mol. The molecule has 3 N–H and O–H groups in total. The highest BCUT2D eigenvalue weighted by Crippen LogP contribution is 2.33. The standard InChI is InChI=1S/C7H8F2N2O4S/c1-15-4-2-3(12)7(16(10,13)14)11-5(4)6(8)9/h2,6,12H,1H3,(H2,10,13,14). The number of sulfonamides is 1. The maximum Gasteiger partial charge on any atom is 0.284 e. The molecule has 0 aliphatic carbocycles. The van der Waals surface area contributed by atoms with E-state index >= 15 is 0 Å². The molecule has 9 heteroatoms. The molecule has 0 atom stereocenters. The number of aromatic hydroxyl groups is 1. The number of pyridine rings is 1. The van der Waals surface area contributed by atoms with E-state index in [4.69, 9.17) is 0 Å². The number of hydrogen-bond donors (Lipinski definition) is 2. The van der Waals surface area contributed by atoms with Crippen LogP contribution in [0.4, 0.5) is 8.78 Å². The van der Waals surface area contributed by atoms with E-state index in [2.05, 4.69) is 14.9 Å². The van der Waals surface area contributed by atoms with Gasteiger partial charge in [0.15, 0.2) is 5.75 Å². The van der Waals surface area contributed by atoms with E-state index in [1.54, 1.807) is 0 Å². The predicted molar refractivity (Wildman–Crippen MR) is 48.8 cm³/mol. The Labute approximate surface area is 89.7 Å². The molecule has 1 heterocycles. The number of ether oxygens (including phenoxy) is 1. The van der Waals surface area contributed by atoms with Gasteiger partial charge in [0.05, 0.1) is 7.11 Å². The maximum atomic E-state index is 12.5. The lowest BCUT2D eigenvalue weighted by Crippen LogP contribution is -2.15. The van der Waals surface area contributed by atoms with Crippen LogP contribution >= 0.6 is 0 Å². The van der Waals surface area contributed by atoms with E-state index in [0.29, 0.717) is 6.07 Å². The third-order valence-corrected chi connectivity index (χ3v) is 2.50. The number of nitrogens with zero attached hydrogens (tertiary/aromatic N) is 1. The predicted octanol–water partition coefficient (Wildman–Crippen LogP) is 0.381. The highest BCUT2D eigenvalue weighted by atomic mass is 32.2. The molecule has 0 bridgehead atoms. The van der Waals surface area contributed by atoms with Gasteiger partial charge in [0.25, 0.3) is 16.4 Å². The average Bonchev–Trinajstić information content (AvgIpc) is 2.14. The first-order valence-electron chi connectivity index (χ1n) is 3.86. The van der Waals surface area contributed by atoms with Crippen LogP contribution in [0.1, 0.15) is 12.1 Å². The van der Waals surface area contributed by atoms with Crippen LogP contribution in [0.5, 0.6) is 11.5 Å². The second-order valence-corrected chi connectivity index (χ2v) is 4.22. The topological polar surface area (TPSA) is 103 Å². The number of primary sulfonamides is 1. The number of nitrogens with two attached hydrogens (primary N) is 1. The Morgan fingerprint density at radius 1 is 1.56 bits per heavy atom. The molecule has 6 nitrogen and oxygen atoms in total. The summed E-state index contributed by atoms with van der Waals surface area (Å²) >= 11 is 0. The van der Waals surface area contributed by atoms with Crippen LogP contribution in [0.2, 0.25) is 0 Å². The maximum absolute atomic E-state index is 12.5. The highest BCUT2D eigenvalue weighted by Gasteiger charge is 2.24. The molecule has 90 valence electrons. The molecule has 0 aliphatic heterocycles. The fraction of sp³-hybridized carbons (Fsp3) is 0.286. The van der Waals surface area contributed by atoms with Crippen LogP contribution in [0.15, 0.2) is 11.1 Å². The number of alkyl halides is 2. The number of methoxy groups -OCH3 is 1. The summed E-state index contributed by atoms with van der Waals surface area (Å²) in [4.78, 5) is 3.08. The first-order chi connectivity index (χ1) is 7.27. The number of hydrogen-bond acceptors (Lipinski definition) is 5. The minimum atomic E-state index is -4.36. The summed E-state index contributed by atoms with van der Waals surface area (Å²) < 4.78 is 51.2. The van der Waals surface area contributed by atoms with Crippen molar-refractivity contribution in [1.29, 1.82) is 0 Å². The van der Waals surface area contributed by atoms with Crippen molar-refractivity contribution in [3.05, 3.63) is 11.8 Å². The van der Waals surface area contributed by atoms with Crippen molar-refractivity contribution < 1.29 is 27.0 Å². The van der Waals surface area contributed by atoms with E-state index in [9.17, 15) is 22.3 Å². The van der Waals surface area contributed by atoms with Crippen LogP contribution in [0.3, 0.4) is 0 Å². The molecule has 0 aliphatic rings. The summed E-state index contributed by atoms with van der Waals surface area (Å²) in [7, 11) is -3.28. The molecule has 16 heavy (non-hydrogen) atoms. The summed E-state index contributed by atoms with van der Waals surface area (Å²) in [6.07, 6.45) is -3.05. The molecule has 0 unspecified atom stereocenters. The molecule has 0 saturated heterocycles. The third-order valence-electron chi connectivity index (χ3n) is 1.66. The molecule has 0 amide bonds. The number of aromatic nitrogens is 1. The molecule has 1 rings (SSSR count). The van der Waals surface area contributed by atoms with Crippen molar-refractivity contribution in [3.63, 3.8) is 0 Å². The van der Waals surface area contributed by atoms with Gasteiger partial charge in [-0.3, -0.25) is 0 Å². The van der Waals surface area contributed by atoms with E-state index in [1.165, 1.54) is 0 Å². The summed E-state index contributed by atoms with van der Waals surface area (Å²) in [5, 5.41) is 12.9. The van der Waals surface area contributed by atoms with Gasteiger partial charge >= 0.3 is 0 Å².